The Morgan fingerprint density at radius 1 is 0.403 bits per heavy atom. The molecule has 2 aromatic carbocycles. The molecule has 0 saturated carbocycles. The second kappa shape index (κ2) is 29.6. The summed E-state index contributed by atoms with van der Waals surface area (Å²) >= 11 is 1.61. The second-order valence-corrected chi connectivity index (χ2v) is 12.5. The van der Waals surface area contributed by atoms with Crippen LogP contribution in [-0.4, -0.2) is 30.1 Å². The van der Waals surface area contributed by atoms with Crippen molar-refractivity contribution < 1.29 is 140 Å². The minimum absolute atomic E-state index is 0. The van der Waals surface area contributed by atoms with E-state index >= 15 is 0 Å². The summed E-state index contributed by atoms with van der Waals surface area (Å²) in [6.45, 7) is 0. The molecule has 0 atom stereocenters. The molecule has 0 saturated heterocycles. The van der Waals surface area contributed by atoms with Crippen LogP contribution in [0.4, 0.5) is 70.2 Å². The first-order chi connectivity index (χ1) is 31.9. The van der Waals surface area contributed by atoms with E-state index < -0.39 is 70.7 Å². The van der Waals surface area contributed by atoms with Crippen molar-refractivity contribution in [2.45, 2.75) is 39.6 Å². The molecular weight excluding hydrogens is 1390 g/mol. The summed E-state index contributed by atoms with van der Waals surface area (Å²) in [6.07, 6.45) is -13.4. The molecule has 8 nitrogen and oxygen atoms in total. The molecule has 0 radical (unpaired) electrons. The van der Waals surface area contributed by atoms with Crippen LogP contribution >= 0.6 is 9.42 Å². The predicted octanol–water partition coefficient (Wildman–Crippen LogP) is 10.9. The van der Waals surface area contributed by atoms with Crippen LogP contribution in [0.25, 0.3) is 45.0 Å². The summed E-state index contributed by atoms with van der Waals surface area (Å²) in [5, 5.41) is 9.44. The van der Waals surface area contributed by atoms with Gasteiger partial charge in [0.05, 0.1) is 23.3 Å². The Balaban J connectivity index is 0.000000924. The van der Waals surface area contributed by atoms with Crippen molar-refractivity contribution >= 4 is 9.42 Å². The van der Waals surface area contributed by atoms with Gasteiger partial charge >= 0.3 is 104 Å². The van der Waals surface area contributed by atoms with Gasteiger partial charge in [0.2, 0.25) is 0 Å². The number of nitrogens with zero attached hydrogens (tertiary/aromatic N) is 8. The third kappa shape index (κ3) is 19.5. The largest absolute Gasteiger partial charge is 2.00 e. The van der Waals surface area contributed by atoms with Gasteiger partial charge in [-0.15, -0.1) is 12.1 Å². The summed E-state index contributed by atoms with van der Waals surface area (Å²) in [4.78, 5) is 16.2. The Bertz CT molecular complexity index is 2450. The van der Waals surface area contributed by atoms with Gasteiger partial charge in [-0.2, -0.15) is 52.7 Å². The average molecular weight is 1420 g/mol. The topological polar surface area (TPSA) is 106 Å². The summed E-state index contributed by atoms with van der Waals surface area (Å²) < 4.78 is 196. The van der Waals surface area contributed by atoms with Crippen LogP contribution in [0.5, 0.6) is 0 Å². The number of benzene rings is 2. The summed E-state index contributed by atoms with van der Waals surface area (Å²) in [7, 11) is 4.61. The SMILES string of the molecule is C.C.FC(F)(F)c1cc(C(F)(F)F)[n-]n1.FC(F)(F)c1cc(C(F)(F)F)[n-]n1.Fc1cc(F)c(-c2ccccn2)[c-]c1-c1ccccn1.Fc1cc(F)c(-c2ccccn2)[c-]c1-c1ccccn1.[Cl][Pt+].[Na+].[Pt+2]. The summed E-state index contributed by atoms with van der Waals surface area (Å²) in [6, 6.07) is 27.3. The molecule has 0 aliphatic carbocycles. The Kier molecular flexibility index (Phi) is 27.6. The quantitative estimate of drug-likeness (QED) is 0.0975. The number of pyridine rings is 4. The molecule has 0 amide bonds. The minimum Gasteiger partial charge on any atom is 1.00 e. The minimum atomic E-state index is -4.89. The molecule has 72 heavy (non-hydrogen) atoms. The van der Waals surface area contributed by atoms with Gasteiger partial charge in [-0.3, -0.25) is 37.5 Å². The van der Waals surface area contributed by atoms with Gasteiger partial charge in [0, 0.05) is 47.6 Å². The third-order valence-corrected chi connectivity index (χ3v) is 7.89. The smallest absolute Gasteiger partial charge is 1.00 e. The standard InChI is InChI=1S/2C16H9F2N2.2C5HF6N2.2CH4.ClH.Na.2Pt/c2*17-13-10-14(18)12(16-6-2-4-8-20-16)9-11(13)15-5-1-3-7-19-15;2*6-4(7,8)2-1-3(13-12-2)5(9,10)11;;;;;;/h2*1-8,10H;2*1H;2*1H4;1H;;;/q4*-1;;;;+1;2*+2/p-1. The predicted molar refractivity (Wildman–Crippen MR) is 218 cm³/mol. The van der Waals surface area contributed by atoms with E-state index in [4.69, 9.17) is 0 Å². The Morgan fingerprint density at radius 2 is 0.639 bits per heavy atom. The number of alkyl halides is 12. The third-order valence-electron chi connectivity index (χ3n) is 7.89. The Morgan fingerprint density at radius 3 is 0.792 bits per heavy atom. The molecule has 28 heteroatoms. The van der Waals surface area contributed by atoms with E-state index in [1.54, 1.807) is 116 Å². The zero-order valence-corrected chi connectivity index (χ0v) is 41.5. The fourth-order valence-corrected chi connectivity index (χ4v) is 4.93. The monoisotopic (exact) mass is 1420 g/mol. The van der Waals surface area contributed by atoms with E-state index in [0.29, 0.717) is 22.8 Å². The zero-order chi connectivity index (χ0) is 50.5. The molecule has 8 aromatic rings. The van der Waals surface area contributed by atoms with Crippen molar-refractivity contribution in [2.75, 3.05) is 0 Å². The number of aromatic nitrogens is 8. The molecule has 0 bridgehead atoms. The molecule has 8 rings (SSSR count). The average Bonchev–Trinajstić information content (AvgIpc) is 4.03. The van der Waals surface area contributed by atoms with Crippen LogP contribution < -0.4 is 39.8 Å². The van der Waals surface area contributed by atoms with Crippen LogP contribution in [0, 0.1) is 35.4 Å². The van der Waals surface area contributed by atoms with E-state index in [1.807, 2.05) is 0 Å². The summed E-state index contributed by atoms with van der Waals surface area (Å²) in [5.74, 6) is -2.77. The molecule has 6 aromatic heterocycles. The van der Waals surface area contributed by atoms with E-state index in [2.05, 4.69) is 61.9 Å². The van der Waals surface area contributed by atoms with Gasteiger partial charge in [-0.05, 0) is 47.8 Å². The fourth-order valence-electron chi connectivity index (χ4n) is 4.93. The molecule has 0 unspecified atom stereocenters. The second-order valence-electron chi connectivity index (χ2n) is 12.5. The van der Waals surface area contributed by atoms with Gasteiger partial charge in [-0.25, -0.2) is 0 Å². The van der Waals surface area contributed by atoms with Crippen molar-refractivity contribution in [3.05, 3.63) is 180 Å². The fraction of sp³-hybridized carbons (Fsp3) is 0.136. The molecule has 0 aliphatic heterocycles. The Labute approximate surface area is 450 Å². The first-order valence-electron chi connectivity index (χ1n) is 17.8. The maximum absolute atomic E-state index is 13.9. The van der Waals surface area contributed by atoms with Crippen LogP contribution in [0.15, 0.2) is 122 Å². The molecule has 6 heterocycles. The maximum Gasteiger partial charge on any atom is 2.00 e. The molecule has 0 N–H and O–H groups in total. The van der Waals surface area contributed by atoms with Crippen molar-refractivity contribution in [2.24, 2.45) is 0 Å². The van der Waals surface area contributed by atoms with E-state index in [0.717, 1.165) is 12.1 Å². The number of hydrogen-bond donors (Lipinski definition) is 0. The van der Waals surface area contributed by atoms with Gasteiger partial charge < -0.3 is 20.4 Å². The molecule has 0 aliphatic rings. The van der Waals surface area contributed by atoms with Gasteiger partial charge in [0.1, 0.15) is 11.4 Å². The van der Waals surface area contributed by atoms with Crippen molar-refractivity contribution in [3.63, 3.8) is 0 Å². The molecular formula is C44H28ClF16N8NaPt2. The zero-order valence-electron chi connectivity index (χ0n) is 34.2. The van der Waals surface area contributed by atoms with Crippen molar-refractivity contribution in [1.82, 2.24) is 40.3 Å². The van der Waals surface area contributed by atoms with Crippen LogP contribution in [0.2, 0.25) is 0 Å². The van der Waals surface area contributed by atoms with Crippen LogP contribution in [0.1, 0.15) is 37.6 Å². The number of hydrogen-bond acceptors (Lipinski definition) is 6. The number of halogens is 17. The molecule has 0 spiro atoms. The first kappa shape index (κ1) is 67.0. The maximum atomic E-state index is 13.9. The Hall–Kier alpha value is -4.99. The first-order valence-corrected chi connectivity index (χ1v) is 20.6. The molecule has 0 fully saturated rings. The van der Waals surface area contributed by atoms with Gasteiger partial charge in [-0.1, -0.05) is 97.8 Å². The van der Waals surface area contributed by atoms with Crippen molar-refractivity contribution in [3.8, 4) is 45.0 Å². The van der Waals surface area contributed by atoms with E-state index in [-0.39, 0.29) is 99.9 Å². The number of rotatable bonds is 4. The van der Waals surface area contributed by atoms with Crippen LogP contribution in [-0.2, 0) is 64.5 Å². The van der Waals surface area contributed by atoms with Crippen molar-refractivity contribution in [1.29, 1.82) is 0 Å². The van der Waals surface area contributed by atoms with E-state index in [9.17, 15) is 70.2 Å². The van der Waals surface area contributed by atoms with Gasteiger partial charge in [0.25, 0.3) is 0 Å². The normalized spacial score (nSPS) is 10.8. The van der Waals surface area contributed by atoms with Gasteiger partial charge in [0.15, 0.2) is 0 Å². The van der Waals surface area contributed by atoms with E-state index in [1.165, 1.54) is 0 Å². The summed E-state index contributed by atoms with van der Waals surface area (Å²) in [5.41, 5.74) is -4.41. The molecule has 384 valence electrons. The van der Waals surface area contributed by atoms with Crippen LogP contribution in [0.3, 0.4) is 0 Å².